The molecule has 2 aliphatic rings. The van der Waals surface area contributed by atoms with Gasteiger partial charge in [-0.1, -0.05) is 25.7 Å². The molecular formula is C31H42N4O8S. The summed E-state index contributed by atoms with van der Waals surface area (Å²) in [6.45, 7) is 1.12. The van der Waals surface area contributed by atoms with Gasteiger partial charge in [-0.05, 0) is 73.4 Å². The molecule has 240 valence electrons. The lowest BCUT2D eigenvalue weighted by Gasteiger charge is -2.32. The Hall–Kier alpha value is -3.71. The van der Waals surface area contributed by atoms with Crippen LogP contribution < -0.4 is 19.5 Å². The Kier molecular flexibility index (Phi) is 11.6. The Bertz CT molecular complexity index is 1420. The molecule has 12 nitrogen and oxygen atoms in total. The van der Waals surface area contributed by atoms with Crippen LogP contribution in [0.4, 0.5) is 5.69 Å². The smallest absolute Gasteiger partial charge is 0.269 e. The van der Waals surface area contributed by atoms with Crippen LogP contribution in [0, 0.1) is 16.0 Å². The highest BCUT2D eigenvalue weighted by Gasteiger charge is 2.31. The number of nitro benzene ring substituents is 1. The molecule has 1 atom stereocenters. The number of hydrogen-bond donors (Lipinski definition) is 2. The number of unbranched alkanes of at least 4 members (excludes halogenated alkanes) is 1. The summed E-state index contributed by atoms with van der Waals surface area (Å²) < 4.78 is 39.9. The molecule has 1 fully saturated rings. The molecule has 0 aromatic heterocycles. The molecular weight excluding hydrogens is 588 g/mol. The number of sulfonamides is 1. The van der Waals surface area contributed by atoms with Crippen molar-refractivity contribution in [3.63, 3.8) is 0 Å². The van der Waals surface area contributed by atoms with E-state index in [1.165, 1.54) is 32.8 Å². The van der Waals surface area contributed by atoms with Crippen LogP contribution in [0.15, 0.2) is 41.3 Å². The Morgan fingerprint density at radius 1 is 1.05 bits per heavy atom. The summed E-state index contributed by atoms with van der Waals surface area (Å²) in [6, 6.07) is 7.20. The monoisotopic (exact) mass is 630 g/mol. The lowest BCUT2D eigenvalue weighted by atomic mass is 9.97. The van der Waals surface area contributed by atoms with E-state index in [1.54, 1.807) is 12.0 Å². The molecule has 0 bridgehead atoms. The average Bonchev–Trinajstić information content (AvgIpc) is 3.55. The third kappa shape index (κ3) is 8.69. The summed E-state index contributed by atoms with van der Waals surface area (Å²) >= 11 is 0. The van der Waals surface area contributed by atoms with Gasteiger partial charge in [0.1, 0.15) is 6.04 Å². The summed E-state index contributed by atoms with van der Waals surface area (Å²) in [7, 11) is -1.06. The van der Waals surface area contributed by atoms with Gasteiger partial charge in [-0.2, -0.15) is 4.72 Å². The Labute approximate surface area is 258 Å². The number of nitrogens with one attached hydrogen (secondary N) is 2. The SMILES string of the molecule is COc1cc2c(cc1OC)CN(C(=O)C(CCCCNC(=O)CCC1CCCC1)NS(=O)(=O)c1ccc([N+](=O)[O-])cc1)CC2. The van der Waals surface area contributed by atoms with Crippen molar-refractivity contribution in [3.8, 4) is 11.5 Å². The number of carbonyl (C=O) groups is 2. The minimum atomic E-state index is -4.16. The van der Waals surface area contributed by atoms with Crippen LogP contribution in [0.5, 0.6) is 11.5 Å². The van der Waals surface area contributed by atoms with E-state index in [-0.39, 0.29) is 35.4 Å². The molecule has 2 N–H and O–H groups in total. The number of carbonyl (C=O) groups excluding carboxylic acids is 2. The minimum absolute atomic E-state index is 0.0161. The standard InChI is InChI=1S/C31H42N4O8S/c1-42-28-19-23-16-18-34(21-24(23)20-29(28)43-2)31(37)27(33-44(40,41)26-13-11-25(12-14-26)35(38)39)9-5-6-17-32-30(36)15-10-22-7-3-4-8-22/h11-14,19-20,22,27,33H,3-10,15-18,21H2,1-2H3,(H,32,36). The molecule has 0 saturated heterocycles. The van der Waals surface area contributed by atoms with E-state index < -0.39 is 21.0 Å². The van der Waals surface area contributed by atoms with Gasteiger partial charge in [-0.25, -0.2) is 8.42 Å². The predicted molar refractivity (Wildman–Crippen MR) is 164 cm³/mol. The minimum Gasteiger partial charge on any atom is -0.493 e. The zero-order chi connectivity index (χ0) is 31.7. The average molecular weight is 631 g/mol. The summed E-state index contributed by atoms with van der Waals surface area (Å²) in [4.78, 5) is 38.0. The molecule has 13 heteroatoms. The van der Waals surface area contributed by atoms with E-state index in [4.69, 9.17) is 9.47 Å². The third-order valence-electron chi connectivity index (χ3n) is 8.48. The van der Waals surface area contributed by atoms with Gasteiger partial charge in [0.2, 0.25) is 21.8 Å². The maximum Gasteiger partial charge on any atom is 0.269 e. The van der Waals surface area contributed by atoms with Gasteiger partial charge in [0.15, 0.2) is 11.5 Å². The maximum absolute atomic E-state index is 13.8. The lowest BCUT2D eigenvalue weighted by molar-refractivity contribution is -0.384. The number of nitro groups is 1. The van der Waals surface area contributed by atoms with E-state index >= 15 is 0 Å². The lowest BCUT2D eigenvalue weighted by Crippen LogP contribution is -2.49. The number of amides is 2. The zero-order valence-electron chi connectivity index (χ0n) is 25.4. The van der Waals surface area contributed by atoms with Crippen LogP contribution in [-0.2, 0) is 32.6 Å². The van der Waals surface area contributed by atoms with Crippen molar-refractivity contribution in [3.05, 3.63) is 57.6 Å². The molecule has 0 radical (unpaired) electrons. The second-order valence-electron chi connectivity index (χ2n) is 11.4. The number of rotatable bonds is 15. The summed E-state index contributed by atoms with van der Waals surface area (Å²) in [6.07, 6.45) is 8.16. The van der Waals surface area contributed by atoms with Crippen LogP contribution in [0.3, 0.4) is 0 Å². The quantitative estimate of drug-likeness (QED) is 0.169. The normalized spacial score (nSPS) is 15.8. The first kappa shape index (κ1) is 33.2. The molecule has 2 aromatic rings. The molecule has 2 aromatic carbocycles. The third-order valence-corrected chi connectivity index (χ3v) is 9.97. The summed E-state index contributed by atoms with van der Waals surface area (Å²) in [5, 5.41) is 14.0. The number of non-ortho nitro benzene ring substituents is 1. The van der Waals surface area contributed by atoms with E-state index in [0.717, 1.165) is 41.8 Å². The molecule has 1 heterocycles. The topological polar surface area (TPSA) is 157 Å². The van der Waals surface area contributed by atoms with Crippen molar-refractivity contribution in [1.82, 2.24) is 14.9 Å². The van der Waals surface area contributed by atoms with Gasteiger partial charge in [-0.15, -0.1) is 0 Å². The molecule has 1 unspecified atom stereocenters. The molecule has 0 spiro atoms. The van der Waals surface area contributed by atoms with Gasteiger partial charge in [-0.3, -0.25) is 19.7 Å². The van der Waals surface area contributed by atoms with Gasteiger partial charge in [0, 0.05) is 38.2 Å². The predicted octanol–water partition coefficient (Wildman–Crippen LogP) is 4.10. The molecule has 1 saturated carbocycles. The van der Waals surface area contributed by atoms with Gasteiger partial charge < -0.3 is 19.7 Å². The molecule has 4 rings (SSSR count). The Morgan fingerprint density at radius 3 is 2.34 bits per heavy atom. The highest BCUT2D eigenvalue weighted by atomic mass is 32.2. The molecule has 1 aliphatic carbocycles. The van der Waals surface area contributed by atoms with E-state index in [1.807, 2.05) is 12.1 Å². The summed E-state index contributed by atoms with van der Waals surface area (Å²) in [5.41, 5.74) is 1.68. The first-order valence-corrected chi connectivity index (χ1v) is 16.7. The van der Waals surface area contributed by atoms with Crippen molar-refractivity contribution < 1.29 is 32.4 Å². The number of ether oxygens (including phenoxy) is 2. The fourth-order valence-electron chi connectivity index (χ4n) is 5.95. The van der Waals surface area contributed by atoms with Crippen molar-refractivity contribution in [2.45, 2.75) is 81.7 Å². The van der Waals surface area contributed by atoms with Crippen LogP contribution in [0.2, 0.25) is 0 Å². The highest BCUT2D eigenvalue weighted by Crippen LogP contribution is 2.33. The van der Waals surface area contributed by atoms with Crippen molar-refractivity contribution in [2.24, 2.45) is 5.92 Å². The van der Waals surface area contributed by atoms with Gasteiger partial charge >= 0.3 is 0 Å². The fraction of sp³-hybridized carbons (Fsp3) is 0.548. The maximum atomic E-state index is 13.8. The molecule has 1 aliphatic heterocycles. The number of benzene rings is 2. The second kappa shape index (κ2) is 15.3. The molecule has 2 amide bonds. The van der Waals surface area contributed by atoms with Crippen molar-refractivity contribution in [1.29, 1.82) is 0 Å². The zero-order valence-corrected chi connectivity index (χ0v) is 26.2. The first-order chi connectivity index (χ1) is 21.1. The van der Waals surface area contributed by atoms with Crippen LogP contribution in [-0.4, -0.2) is 63.4 Å². The largest absolute Gasteiger partial charge is 0.493 e. The Morgan fingerprint density at radius 2 is 1.70 bits per heavy atom. The van der Waals surface area contributed by atoms with E-state index in [2.05, 4.69) is 10.0 Å². The fourth-order valence-corrected chi connectivity index (χ4v) is 7.17. The number of methoxy groups -OCH3 is 2. The van der Waals surface area contributed by atoms with Gasteiger partial charge in [0.05, 0.1) is 24.0 Å². The highest BCUT2D eigenvalue weighted by molar-refractivity contribution is 7.89. The number of nitrogens with zero attached hydrogens (tertiary/aromatic N) is 2. The molecule has 44 heavy (non-hydrogen) atoms. The van der Waals surface area contributed by atoms with Crippen molar-refractivity contribution >= 4 is 27.5 Å². The van der Waals surface area contributed by atoms with Crippen molar-refractivity contribution in [2.75, 3.05) is 27.3 Å². The van der Waals surface area contributed by atoms with Crippen LogP contribution in [0.1, 0.15) is 68.9 Å². The van der Waals surface area contributed by atoms with E-state index in [9.17, 15) is 28.1 Å². The first-order valence-electron chi connectivity index (χ1n) is 15.2. The van der Waals surface area contributed by atoms with E-state index in [0.29, 0.717) is 56.2 Å². The van der Waals surface area contributed by atoms with Gasteiger partial charge in [0.25, 0.3) is 5.69 Å². The van der Waals surface area contributed by atoms with Crippen LogP contribution in [0.25, 0.3) is 0 Å². The summed E-state index contributed by atoms with van der Waals surface area (Å²) in [5.74, 6) is 1.44. The Balaban J connectivity index is 1.41. The number of fused-ring (bicyclic) bond motifs is 1. The second-order valence-corrected chi connectivity index (χ2v) is 13.2. The van der Waals surface area contributed by atoms with Crippen LogP contribution >= 0.6 is 0 Å². The number of hydrogen-bond acceptors (Lipinski definition) is 8.